The van der Waals surface area contributed by atoms with Gasteiger partial charge in [-0.1, -0.05) is 29.3 Å². The van der Waals surface area contributed by atoms with Gasteiger partial charge in [-0.15, -0.1) is 0 Å². The molecule has 0 bridgehead atoms. The van der Waals surface area contributed by atoms with Gasteiger partial charge in [0.15, 0.2) is 0 Å². The summed E-state index contributed by atoms with van der Waals surface area (Å²) < 4.78 is 0. The standard InChI is InChI=1S/C17H25NO3/c1-12-9-13(2)11-14(10-12)5-6-15(19)18-17(3,4)8-7-16(20)21/h9-11H,5-8H2,1-4H3,(H,18,19)(H,20,21). The van der Waals surface area contributed by atoms with E-state index in [1.807, 2.05) is 27.7 Å². The van der Waals surface area contributed by atoms with Gasteiger partial charge in [0.05, 0.1) is 0 Å². The fourth-order valence-corrected chi connectivity index (χ4v) is 2.39. The molecule has 1 aromatic carbocycles. The quantitative estimate of drug-likeness (QED) is 0.811. The molecule has 1 aromatic rings. The van der Waals surface area contributed by atoms with Crippen LogP contribution in [0.1, 0.15) is 49.8 Å². The van der Waals surface area contributed by atoms with Crippen LogP contribution in [0.3, 0.4) is 0 Å². The molecule has 0 spiro atoms. The molecule has 4 heteroatoms. The predicted molar refractivity (Wildman–Crippen MR) is 83.3 cm³/mol. The smallest absolute Gasteiger partial charge is 0.303 e. The van der Waals surface area contributed by atoms with Gasteiger partial charge in [-0.25, -0.2) is 0 Å². The molecule has 0 fully saturated rings. The molecule has 1 rings (SSSR count). The number of amides is 1. The molecule has 0 atom stereocenters. The van der Waals surface area contributed by atoms with Crippen LogP contribution in [-0.2, 0) is 16.0 Å². The van der Waals surface area contributed by atoms with Gasteiger partial charge in [-0.2, -0.15) is 0 Å². The second kappa shape index (κ2) is 7.25. The summed E-state index contributed by atoms with van der Waals surface area (Å²) in [5.41, 5.74) is 3.07. The Balaban J connectivity index is 2.48. The number of benzene rings is 1. The number of carbonyl (C=O) groups is 2. The van der Waals surface area contributed by atoms with Gasteiger partial charge in [0, 0.05) is 18.4 Å². The average molecular weight is 291 g/mol. The number of aliphatic carboxylic acids is 1. The SMILES string of the molecule is Cc1cc(C)cc(CCC(=O)NC(C)(C)CCC(=O)O)c1. The van der Waals surface area contributed by atoms with Gasteiger partial charge in [-0.3, -0.25) is 9.59 Å². The fraction of sp³-hybridized carbons (Fsp3) is 0.529. The highest BCUT2D eigenvalue weighted by Gasteiger charge is 2.21. The first-order valence-electron chi connectivity index (χ1n) is 7.28. The van der Waals surface area contributed by atoms with Crippen LogP contribution in [-0.4, -0.2) is 22.5 Å². The molecule has 2 N–H and O–H groups in total. The van der Waals surface area contributed by atoms with E-state index >= 15 is 0 Å². The number of hydrogen-bond donors (Lipinski definition) is 2. The second-order valence-electron chi connectivity index (χ2n) is 6.32. The Kier molecular flexibility index (Phi) is 5.94. The maximum absolute atomic E-state index is 12.0. The first kappa shape index (κ1) is 17.2. The average Bonchev–Trinajstić information content (AvgIpc) is 2.32. The lowest BCUT2D eigenvalue weighted by Gasteiger charge is -2.25. The summed E-state index contributed by atoms with van der Waals surface area (Å²) in [6.45, 7) is 7.80. The largest absolute Gasteiger partial charge is 0.481 e. The van der Waals surface area contributed by atoms with Crippen LogP contribution in [0.5, 0.6) is 0 Å². The molecule has 0 radical (unpaired) electrons. The van der Waals surface area contributed by atoms with Crippen molar-refractivity contribution >= 4 is 11.9 Å². The Hall–Kier alpha value is -1.84. The third-order valence-electron chi connectivity index (χ3n) is 3.36. The third kappa shape index (κ3) is 6.93. The van der Waals surface area contributed by atoms with Crippen LogP contribution in [0.25, 0.3) is 0 Å². The molecule has 0 saturated heterocycles. The van der Waals surface area contributed by atoms with Crippen molar-refractivity contribution in [1.29, 1.82) is 0 Å². The van der Waals surface area contributed by atoms with Crippen molar-refractivity contribution in [3.63, 3.8) is 0 Å². The van der Waals surface area contributed by atoms with Gasteiger partial charge >= 0.3 is 5.97 Å². The Morgan fingerprint density at radius 1 is 1.10 bits per heavy atom. The molecule has 4 nitrogen and oxygen atoms in total. The highest BCUT2D eigenvalue weighted by Crippen LogP contribution is 2.13. The molecule has 0 aliphatic carbocycles. The Morgan fingerprint density at radius 3 is 2.19 bits per heavy atom. The van der Waals surface area contributed by atoms with E-state index in [1.165, 1.54) is 11.1 Å². The molecule has 0 heterocycles. The Morgan fingerprint density at radius 2 is 1.67 bits per heavy atom. The second-order valence-corrected chi connectivity index (χ2v) is 6.32. The highest BCUT2D eigenvalue weighted by molar-refractivity contribution is 5.77. The van der Waals surface area contributed by atoms with Crippen LogP contribution in [0.15, 0.2) is 18.2 Å². The van der Waals surface area contributed by atoms with E-state index in [0.717, 1.165) is 5.56 Å². The van der Waals surface area contributed by atoms with Crippen LogP contribution in [0, 0.1) is 13.8 Å². The lowest BCUT2D eigenvalue weighted by Crippen LogP contribution is -2.43. The van der Waals surface area contributed by atoms with Crippen molar-refractivity contribution in [3.8, 4) is 0 Å². The highest BCUT2D eigenvalue weighted by atomic mass is 16.4. The van der Waals surface area contributed by atoms with E-state index in [2.05, 4.69) is 23.5 Å². The van der Waals surface area contributed by atoms with Crippen LogP contribution in [0.2, 0.25) is 0 Å². The van der Waals surface area contributed by atoms with Crippen molar-refractivity contribution in [1.82, 2.24) is 5.32 Å². The van der Waals surface area contributed by atoms with Gasteiger partial charge in [-0.05, 0) is 46.1 Å². The summed E-state index contributed by atoms with van der Waals surface area (Å²) in [4.78, 5) is 22.6. The molecule has 1 amide bonds. The minimum absolute atomic E-state index is 0.0375. The summed E-state index contributed by atoms with van der Waals surface area (Å²) in [6, 6.07) is 6.30. The number of hydrogen-bond acceptors (Lipinski definition) is 2. The molecule has 0 aliphatic rings. The summed E-state index contributed by atoms with van der Waals surface area (Å²) in [7, 11) is 0. The number of rotatable bonds is 7. The number of carboxylic acids is 1. The van der Waals surface area contributed by atoms with E-state index in [4.69, 9.17) is 5.11 Å². The third-order valence-corrected chi connectivity index (χ3v) is 3.36. The van der Waals surface area contributed by atoms with Crippen molar-refractivity contribution in [3.05, 3.63) is 34.9 Å². The number of aryl methyl sites for hydroxylation is 3. The lowest BCUT2D eigenvalue weighted by atomic mass is 9.97. The van der Waals surface area contributed by atoms with Gasteiger partial charge < -0.3 is 10.4 Å². The Bertz CT molecular complexity index is 501. The lowest BCUT2D eigenvalue weighted by molar-refractivity contribution is -0.137. The molecule has 0 unspecified atom stereocenters. The first-order valence-corrected chi connectivity index (χ1v) is 7.28. The summed E-state index contributed by atoms with van der Waals surface area (Å²) in [5, 5.41) is 11.6. The normalized spacial score (nSPS) is 11.2. The van der Waals surface area contributed by atoms with Gasteiger partial charge in [0.2, 0.25) is 5.91 Å². The molecule has 21 heavy (non-hydrogen) atoms. The van der Waals surface area contributed by atoms with E-state index < -0.39 is 11.5 Å². The number of nitrogens with one attached hydrogen (secondary N) is 1. The molecule has 116 valence electrons. The minimum atomic E-state index is -0.840. The summed E-state index contributed by atoms with van der Waals surface area (Å²) in [6.07, 6.45) is 1.60. The Labute approximate surface area is 126 Å². The van der Waals surface area contributed by atoms with E-state index in [9.17, 15) is 9.59 Å². The molecule has 0 aromatic heterocycles. The van der Waals surface area contributed by atoms with Crippen LogP contribution < -0.4 is 5.32 Å². The molecule has 0 saturated carbocycles. The zero-order valence-electron chi connectivity index (χ0n) is 13.3. The van der Waals surface area contributed by atoms with Gasteiger partial charge in [0.25, 0.3) is 0 Å². The predicted octanol–water partition coefficient (Wildman–Crippen LogP) is 3.00. The maximum atomic E-state index is 12.0. The fourth-order valence-electron chi connectivity index (χ4n) is 2.39. The van der Waals surface area contributed by atoms with E-state index in [0.29, 0.717) is 19.3 Å². The summed E-state index contributed by atoms with van der Waals surface area (Å²) >= 11 is 0. The minimum Gasteiger partial charge on any atom is -0.481 e. The van der Waals surface area contributed by atoms with Crippen molar-refractivity contribution in [2.75, 3.05) is 0 Å². The van der Waals surface area contributed by atoms with Crippen LogP contribution in [0.4, 0.5) is 0 Å². The van der Waals surface area contributed by atoms with Gasteiger partial charge in [0.1, 0.15) is 0 Å². The maximum Gasteiger partial charge on any atom is 0.303 e. The van der Waals surface area contributed by atoms with Crippen molar-refractivity contribution in [2.24, 2.45) is 0 Å². The molecular formula is C17H25NO3. The van der Waals surface area contributed by atoms with Crippen molar-refractivity contribution < 1.29 is 14.7 Å². The monoisotopic (exact) mass is 291 g/mol. The van der Waals surface area contributed by atoms with E-state index in [-0.39, 0.29) is 12.3 Å². The zero-order chi connectivity index (χ0) is 16.0. The van der Waals surface area contributed by atoms with E-state index in [1.54, 1.807) is 0 Å². The number of carbonyl (C=O) groups excluding carboxylic acids is 1. The zero-order valence-corrected chi connectivity index (χ0v) is 13.3. The first-order chi connectivity index (χ1) is 9.68. The molecular weight excluding hydrogens is 266 g/mol. The molecule has 0 aliphatic heterocycles. The van der Waals surface area contributed by atoms with Crippen LogP contribution >= 0.6 is 0 Å². The summed E-state index contributed by atoms with van der Waals surface area (Å²) in [5.74, 6) is -0.878. The van der Waals surface area contributed by atoms with Crippen molar-refractivity contribution in [2.45, 2.75) is 58.9 Å². The number of carboxylic acid groups (broad SMARTS) is 1. The topological polar surface area (TPSA) is 66.4 Å².